The van der Waals surface area contributed by atoms with Crippen LogP contribution < -0.4 is 0 Å². The lowest BCUT2D eigenvalue weighted by molar-refractivity contribution is -0.278. The molecule has 2 aromatic rings. The first-order valence-corrected chi connectivity index (χ1v) is 7.91. The van der Waals surface area contributed by atoms with Crippen molar-refractivity contribution in [3.63, 3.8) is 0 Å². The van der Waals surface area contributed by atoms with Crippen molar-refractivity contribution in [3.05, 3.63) is 84.4 Å². The second kappa shape index (κ2) is 8.19. The fourth-order valence-corrected chi connectivity index (χ4v) is 2.67. The Labute approximate surface area is 150 Å². The van der Waals surface area contributed by atoms with E-state index in [1.807, 2.05) is 0 Å². The molecule has 2 atom stereocenters. The van der Waals surface area contributed by atoms with Gasteiger partial charge in [0.25, 0.3) is 5.60 Å². The fourth-order valence-electron chi connectivity index (χ4n) is 2.67. The molecule has 0 N–H and O–H groups in total. The van der Waals surface area contributed by atoms with Gasteiger partial charge in [-0.3, -0.25) is 0 Å². The van der Waals surface area contributed by atoms with Crippen LogP contribution in [0, 0.1) is 0 Å². The third-order valence-electron chi connectivity index (χ3n) is 3.97. The minimum Gasteiger partial charge on any atom is -0.454 e. The standard InChI is InChI=1S/C20H19F3O3/c1-3-10-17(15-11-6-4-7-12-15)26-18(24)19(25-2,20(21,22)23)16-13-8-5-9-14-16/h3-9,11-14,17H,1,10H2,2H3/t17-,19+/m0/s1. The summed E-state index contributed by atoms with van der Waals surface area (Å²) in [4.78, 5) is 12.7. The van der Waals surface area contributed by atoms with E-state index in [-0.39, 0.29) is 12.0 Å². The van der Waals surface area contributed by atoms with E-state index in [1.165, 1.54) is 30.3 Å². The van der Waals surface area contributed by atoms with Gasteiger partial charge in [-0.15, -0.1) is 6.58 Å². The first kappa shape index (κ1) is 19.7. The Morgan fingerprint density at radius 2 is 1.62 bits per heavy atom. The lowest BCUT2D eigenvalue weighted by atomic mass is 9.92. The van der Waals surface area contributed by atoms with Gasteiger partial charge in [-0.25, -0.2) is 4.79 Å². The Hall–Kier alpha value is -2.60. The van der Waals surface area contributed by atoms with Crippen molar-refractivity contribution in [2.24, 2.45) is 0 Å². The quantitative estimate of drug-likeness (QED) is 0.515. The molecule has 0 aliphatic carbocycles. The van der Waals surface area contributed by atoms with Crippen LogP contribution in [0.15, 0.2) is 73.3 Å². The number of esters is 1. The molecule has 0 amide bonds. The Bertz CT molecular complexity index is 729. The zero-order chi connectivity index (χ0) is 19.2. The largest absolute Gasteiger partial charge is 0.454 e. The highest BCUT2D eigenvalue weighted by Crippen LogP contribution is 2.44. The summed E-state index contributed by atoms with van der Waals surface area (Å²) in [5.74, 6) is -1.52. The summed E-state index contributed by atoms with van der Waals surface area (Å²) in [6, 6.07) is 15.3. The Kier molecular flexibility index (Phi) is 6.21. The molecule has 2 rings (SSSR count). The lowest BCUT2D eigenvalue weighted by Crippen LogP contribution is -2.52. The zero-order valence-electron chi connectivity index (χ0n) is 14.2. The van der Waals surface area contributed by atoms with Crippen LogP contribution >= 0.6 is 0 Å². The number of hydrogen-bond acceptors (Lipinski definition) is 3. The molecular weight excluding hydrogens is 345 g/mol. The van der Waals surface area contributed by atoms with Gasteiger partial charge in [0.05, 0.1) is 0 Å². The van der Waals surface area contributed by atoms with Gasteiger partial charge in [-0.1, -0.05) is 66.7 Å². The van der Waals surface area contributed by atoms with Crippen LogP contribution in [0.5, 0.6) is 0 Å². The molecular formula is C20H19F3O3. The molecule has 2 aromatic carbocycles. The third kappa shape index (κ3) is 3.80. The van der Waals surface area contributed by atoms with Crippen molar-refractivity contribution in [1.29, 1.82) is 0 Å². The SMILES string of the molecule is C=CC[C@H](OC(=O)[C@](OC)(c1ccccc1)C(F)(F)F)c1ccccc1. The second-order valence-electron chi connectivity index (χ2n) is 5.58. The maximum absolute atomic E-state index is 13.9. The van der Waals surface area contributed by atoms with E-state index in [4.69, 9.17) is 9.47 Å². The maximum Gasteiger partial charge on any atom is 0.432 e. The van der Waals surface area contributed by atoms with E-state index in [9.17, 15) is 18.0 Å². The van der Waals surface area contributed by atoms with Gasteiger partial charge in [0.2, 0.25) is 0 Å². The van der Waals surface area contributed by atoms with E-state index in [0.717, 1.165) is 7.11 Å². The molecule has 0 spiro atoms. The predicted octanol–water partition coefficient (Wildman–Crippen LogP) is 4.95. The van der Waals surface area contributed by atoms with Crippen LogP contribution in [0.3, 0.4) is 0 Å². The first-order valence-electron chi connectivity index (χ1n) is 7.91. The van der Waals surface area contributed by atoms with Gasteiger partial charge in [-0.2, -0.15) is 13.2 Å². The lowest BCUT2D eigenvalue weighted by Gasteiger charge is -2.33. The molecule has 0 fully saturated rings. The Morgan fingerprint density at radius 1 is 1.08 bits per heavy atom. The Balaban J connectivity index is 2.45. The van der Waals surface area contributed by atoms with E-state index in [1.54, 1.807) is 36.4 Å². The molecule has 6 heteroatoms. The van der Waals surface area contributed by atoms with Crippen molar-refractivity contribution in [3.8, 4) is 0 Å². The van der Waals surface area contributed by atoms with Gasteiger partial charge in [0.15, 0.2) is 0 Å². The number of rotatable bonds is 7. The number of halogens is 3. The van der Waals surface area contributed by atoms with Crippen molar-refractivity contribution < 1.29 is 27.4 Å². The molecule has 0 heterocycles. The summed E-state index contributed by atoms with van der Waals surface area (Å²) in [5, 5.41) is 0. The Morgan fingerprint density at radius 3 is 2.08 bits per heavy atom. The monoisotopic (exact) mass is 364 g/mol. The van der Waals surface area contributed by atoms with Crippen LogP contribution in [0.2, 0.25) is 0 Å². The summed E-state index contributed by atoms with van der Waals surface area (Å²) in [6.07, 6.45) is -4.25. The molecule has 0 aliphatic heterocycles. The first-order chi connectivity index (χ1) is 12.4. The molecule has 138 valence electrons. The minimum atomic E-state index is -5.00. The molecule has 0 aliphatic rings. The molecule has 0 bridgehead atoms. The average molecular weight is 364 g/mol. The highest BCUT2D eigenvalue weighted by atomic mass is 19.4. The number of carbonyl (C=O) groups excluding carboxylic acids is 1. The van der Waals surface area contributed by atoms with Crippen LogP contribution in [0.4, 0.5) is 13.2 Å². The summed E-state index contributed by atoms with van der Waals surface area (Å²) >= 11 is 0. The van der Waals surface area contributed by atoms with E-state index >= 15 is 0 Å². The van der Waals surface area contributed by atoms with Crippen LogP contribution in [0.25, 0.3) is 0 Å². The van der Waals surface area contributed by atoms with Gasteiger partial charge in [-0.05, 0) is 5.56 Å². The van der Waals surface area contributed by atoms with Crippen molar-refractivity contribution in [2.75, 3.05) is 7.11 Å². The van der Waals surface area contributed by atoms with Gasteiger partial charge in [0, 0.05) is 19.1 Å². The summed E-state index contributed by atoms with van der Waals surface area (Å²) < 4.78 is 51.7. The number of benzene rings is 2. The van der Waals surface area contributed by atoms with Crippen molar-refractivity contribution in [2.45, 2.75) is 24.3 Å². The number of carbonyl (C=O) groups is 1. The molecule has 0 saturated carbocycles. The fraction of sp³-hybridized carbons (Fsp3) is 0.250. The molecule has 0 unspecified atom stereocenters. The van der Waals surface area contributed by atoms with Crippen molar-refractivity contribution in [1.82, 2.24) is 0 Å². The van der Waals surface area contributed by atoms with Gasteiger partial charge in [0.1, 0.15) is 6.10 Å². The number of methoxy groups -OCH3 is 1. The maximum atomic E-state index is 13.9. The smallest absolute Gasteiger partial charge is 0.432 e. The van der Waals surface area contributed by atoms with Gasteiger partial charge < -0.3 is 9.47 Å². The second-order valence-corrected chi connectivity index (χ2v) is 5.58. The normalized spacial score (nSPS) is 14.9. The topological polar surface area (TPSA) is 35.5 Å². The minimum absolute atomic E-state index is 0.169. The molecule has 0 aromatic heterocycles. The summed E-state index contributed by atoms with van der Waals surface area (Å²) in [5.41, 5.74) is -2.98. The van der Waals surface area contributed by atoms with Crippen molar-refractivity contribution >= 4 is 5.97 Å². The average Bonchev–Trinajstić information content (AvgIpc) is 2.63. The molecule has 3 nitrogen and oxygen atoms in total. The van der Waals surface area contributed by atoms with E-state index < -0.39 is 23.9 Å². The van der Waals surface area contributed by atoms with Crippen LogP contribution in [-0.4, -0.2) is 19.3 Å². The third-order valence-corrected chi connectivity index (χ3v) is 3.97. The van der Waals surface area contributed by atoms with E-state index in [0.29, 0.717) is 5.56 Å². The number of ether oxygens (including phenoxy) is 2. The highest BCUT2D eigenvalue weighted by molar-refractivity contribution is 5.83. The highest BCUT2D eigenvalue weighted by Gasteiger charge is 2.64. The summed E-state index contributed by atoms with van der Waals surface area (Å²) in [7, 11) is 0.840. The predicted molar refractivity (Wildman–Crippen MR) is 91.3 cm³/mol. The zero-order valence-corrected chi connectivity index (χ0v) is 14.2. The van der Waals surface area contributed by atoms with E-state index in [2.05, 4.69) is 6.58 Å². The molecule has 26 heavy (non-hydrogen) atoms. The van der Waals surface area contributed by atoms with Gasteiger partial charge >= 0.3 is 12.1 Å². The molecule has 0 saturated heterocycles. The van der Waals surface area contributed by atoms with Crippen LogP contribution in [0.1, 0.15) is 23.7 Å². The van der Waals surface area contributed by atoms with Crippen LogP contribution in [-0.2, 0) is 19.9 Å². The number of hydrogen-bond donors (Lipinski definition) is 0. The summed E-state index contributed by atoms with van der Waals surface area (Å²) in [6.45, 7) is 3.58. The molecule has 0 radical (unpaired) electrons. The number of alkyl halides is 3.